The smallest absolute Gasteiger partial charge is 0.214 e. The van der Waals surface area contributed by atoms with Crippen LogP contribution < -0.4 is 4.74 Å². The Morgan fingerprint density at radius 1 is 1.40 bits per heavy atom. The van der Waals surface area contributed by atoms with Crippen molar-refractivity contribution in [3.8, 4) is 5.88 Å². The normalized spacial score (nSPS) is 12.9. The molecule has 1 aromatic rings. The maximum atomic E-state index is 5.71. The fourth-order valence-corrected chi connectivity index (χ4v) is 2.01. The fourth-order valence-electron chi connectivity index (χ4n) is 1.43. The number of thiol groups is 1. The molecule has 1 heterocycles. The third-order valence-electron chi connectivity index (χ3n) is 1.92. The van der Waals surface area contributed by atoms with E-state index in [9.17, 15) is 0 Å². The summed E-state index contributed by atoms with van der Waals surface area (Å²) in [6.45, 7) is 6.45. The zero-order chi connectivity index (χ0) is 11.3. The van der Waals surface area contributed by atoms with E-state index in [1.54, 1.807) is 0 Å². The first-order chi connectivity index (χ1) is 7.11. The van der Waals surface area contributed by atoms with Crippen molar-refractivity contribution in [2.24, 2.45) is 5.92 Å². The van der Waals surface area contributed by atoms with Crippen LogP contribution >= 0.6 is 22.5 Å². The maximum absolute atomic E-state index is 5.71. The Balaban J connectivity index is 2.55. The zero-order valence-corrected chi connectivity index (χ0v) is 11.0. The summed E-state index contributed by atoms with van der Waals surface area (Å²) in [4.78, 5) is 4.30. The summed E-state index contributed by atoms with van der Waals surface area (Å²) < 4.78 is 5.71. The maximum Gasteiger partial charge on any atom is 0.214 e. The van der Waals surface area contributed by atoms with Gasteiger partial charge in [-0.3, -0.25) is 0 Å². The summed E-state index contributed by atoms with van der Waals surface area (Å²) in [6, 6.07) is 5.73. The van der Waals surface area contributed by atoms with Crippen molar-refractivity contribution in [3.63, 3.8) is 0 Å². The number of pyridine rings is 1. The van der Waals surface area contributed by atoms with Gasteiger partial charge in [0.2, 0.25) is 5.88 Å². The second kappa shape index (κ2) is 6.28. The molecule has 0 aliphatic rings. The molecule has 2 nitrogen and oxygen atoms in total. The molecule has 0 aromatic carbocycles. The molecule has 84 valence electrons. The van der Waals surface area contributed by atoms with Crippen LogP contribution in [0.4, 0.5) is 0 Å². The predicted molar refractivity (Wildman–Crippen MR) is 68.6 cm³/mol. The van der Waals surface area contributed by atoms with Crippen LogP contribution in [0.25, 0.3) is 0 Å². The van der Waals surface area contributed by atoms with Gasteiger partial charge in [-0.1, -0.05) is 19.9 Å². The van der Waals surface area contributed by atoms with Gasteiger partial charge in [0, 0.05) is 6.07 Å². The molecular formula is C11H17NOS2. The van der Waals surface area contributed by atoms with Crippen LogP contribution in [-0.2, 0) is 0 Å². The highest BCUT2D eigenvalue weighted by Gasteiger charge is 2.07. The van der Waals surface area contributed by atoms with E-state index < -0.39 is 0 Å². The van der Waals surface area contributed by atoms with Gasteiger partial charge in [0.15, 0.2) is 0 Å². The minimum atomic E-state index is 0.206. The molecule has 0 bridgehead atoms. The topological polar surface area (TPSA) is 22.1 Å². The van der Waals surface area contributed by atoms with Gasteiger partial charge in [-0.2, -0.15) is 0 Å². The van der Waals surface area contributed by atoms with Gasteiger partial charge in [0.05, 0.1) is 6.10 Å². The van der Waals surface area contributed by atoms with Gasteiger partial charge < -0.3 is 4.74 Å². The molecule has 0 saturated carbocycles. The number of hydrogen-bond acceptors (Lipinski definition) is 4. The van der Waals surface area contributed by atoms with Crippen LogP contribution in [0.15, 0.2) is 23.2 Å². The SMILES string of the molecule is CC(C)CC(C)Oc1cccc(SS)n1. The third kappa shape index (κ3) is 4.80. The lowest BCUT2D eigenvalue weighted by Gasteiger charge is -2.15. The van der Waals surface area contributed by atoms with Crippen LogP contribution in [0.3, 0.4) is 0 Å². The Morgan fingerprint density at radius 3 is 2.73 bits per heavy atom. The molecule has 1 atom stereocenters. The van der Waals surface area contributed by atoms with Crippen LogP contribution in [0.1, 0.15) is 27.2 Å². The van der Waals surface area contributed by atoms with E-state index in [2.05, 4.69) is 37.4 Å². The minimum absolute atomic E-state index is 0.206. The van der Waals surface area contributed by atoms with E-state index in [1.165, 1.54) is 10.8 Å². The average molecular weight is 243 g/mol. The van der Waals surface area contributed by atoms with E-state index in [4.69, 9.17) is 4.74 Å². The van der Waals surface area contributed by atoms with Gasteiger partial charge in [0.1, 0.15) is 5.03 Å². The highest BCUT2D eigenvalue weighted by atomic mass is 33.1. The van der Waals surface area contributed by atoms with Crippen molar-refractivity contribution in [1.29, 1.82) is 0 Å². The van der Waals surface area contributed by atoms with Crippen LogP contribution in [0.2, 0.25) is 0 Å². The first-order valence-electron chi connectivity index (χ1n) is 5.07. The lowest BCUT2D eigenvalue weighted by molar-refractivity contribution is 0.184. The second-order valence-corrected chi connectivity index (χ2v) is 5.11. The molecule has 0 aliphatic heterocycles. The number of hydrogen-bond donors (Lipinski definition) is 1. The van der Waals surface area contributed by atoms with Crippen LogP contribution in [0, 0.1) is 5.92 Å². The first kappa shape index (κ1) is 12.7. The molecule has 15 heavy (non-hydrogen) atoms. The number of aromatic nitrogens is 1. The zero-order valence-electron chi connectivity index (χ0n) is 9.30. The quantitative estimate of drug-likeness (QED) is 0.627. The molecular weight excluding hydrogens is 226 g/mol. The standard InChI is InChI=1S/C11H17NOS2/c1-8(2)7-9(3)13-10-5-4-6-11(12-10)15-14/h4-6,8-9,14H,7H2,1-3H3. The van der Waals surface area contributed by atoms with Gasteiger partial charge in [0.25, 0.3) is 0 Å². The second-order valence-electron chi connectivity index (χ2n) is 3.96. The van der Waals surface area contributed by atoms with Gasteiger partial charge in [-0.15, -0.1) is 11.7 Å². The molecule has 0 fully saturated rings. The Morgan fingerprint density at radius 2 is 2.13 bits per heavy atom. The highest BCUT2D eigenvalue weighted by Crippen LogP contribution is 2.22. The summed E-state index contributed by atoms with van der Waals surface area (Å²) in [5.74, 6) is 1.32. The Hall–Kier alpha value is -0.350. The first-order valence-corrected chi connectivity index (χ1v) is 6.94. The van der Waals surface area contributed by atoms with Gasteiger partial charge >= 0.3 is 0 Å². The molecule has 0 N–H and O–H groups in total. The summed E-state index contributed by atoms with van der Waals surface area (Å²) in [5, 5.41) is 0.868. The Kier molecular flexibility index (Phi) is 5.32. The highest BCUT2D eigenvalue weighted by molar-refractivity contribution is 8.68. The van der Waals surface area contributed by atoms with Crippen molar-refractivity contribution in [3.05, 3.63) is 18.2 Å². The molecule has 0 radical (unpaired) electrons. The van der Waals surface area contributed by atoms with Gasteiger partial charge in [-0.25, -0.2) is 4.98 Å². The van der Waals surface area contributed by atoms with Crippen molar-refractivity contribution < 1.29 is 4.74 Å². The summed E-state index contributed by atoms with van der Waals surface area (Å²) in [6.07, 6.45) is 1.25. The largest absolute Gasteiger partial charge is 0.475 e. The molecule has 1 aromatic heterocycles. The summed E-state index contributed by atoms with van der Waals surface area (Å²) >= 11 is 4.10. The number of ether oxygens (including phenoxy) is 1. The molecule has 1 rings (SSSR count). The van der Waals surface area contributed by atoms with E-state index in [1.807, 2.05) is 18.2 Å². The molecule has 1 unspecified atom stereocenters. The van der Waals surface area contributed by atoms with E-state index in [-0.39, 0.29) is 6.10 Å². The van der Waals surface area contributed by atoms with Crippen molar-refractivity contribution in [2.45, 2.75) is 38.3 Å². The van der Waals surface area contributed by atoms with E-state index >= 15 is 0 Å². The molecule has 0 aliphatic carbocycles. The van der Waals surface area contributed by atoms with Crippen molar-refractivity contribution >= 4 is 22.5 Å². The molecule has 0 amide bonds. The van der Waals surface area contributed by atoms with Gasteiger partial charge in [-0.05, 0) is 36.1 Å². The molecule has 0 saturated heterocycles. The minimum Gasteiger partial charge on any atom is -0.475 e. The van der Waals surface area contributed by atoms with E-state index in [0.29, 0.717) is 11.8 Å². The average Bonchev–Trinajstić information content (AvgIpc) is 2.16. The van der Waals surface area contributed by atoms with Crippen molar-refractivity contribution in [2.75, 3.05) is 0 Å². The monoisotopic (exact) mass is 243 g/mol. The number of nitrogens with zero attached hydrogens (tertiary/aromatic N) is 1. The Labute approximate surface area is 101 Å². The summed E-state index contributed by atoms with van der Waals surface area (Å²) in [5.41, 5.74) is 0. The fraction of sp³-hybridized carbons (Fsp3) is 0.545. The predicted octanol–water partition coefficient (Wildman–Crippen LogP) is 3.83. The molecule has 4 heteroatoms. The van der Waals surface area contributed by atoms with Crippen LogP contribution in [-0.4, -0.2) is 11.1 Å². The lowest BCUT2D eigenvalue weighted by atomic mass is 10.1. The van der Waals surface area contributed by atoms with Crippen LogP contribution in [0.5, 0.6) is 5.88 Å². The van der Waals surface area contributed by atoms with E-state index in [0.717, 1.165) is 11.4 Å². The molecule has 0 spiro atoms. The Bertz CT molecular complexity index is 304. The number of rotatable bonds is 5. The lowest BCUT2D eigenvalue weighted by Crippen LogP contribution is -2.15. The van der Waals surface area contributed by atoms with Crippen molar-refractivity contribution in [1.82, 2.24) is 4.98 Å². The third-order valence-corrected chi connectivity index (χ3v) is 2.89. The summed E-state index contributed by atoms with van der Waals surface area (Å²) in [7, 11) is 1.33.